The molecule has 1 aromatic heterocycles. The summed E-state index contributed by atoms with van der Waals surface area (Å²) in [5.41, 5.74) is 0.0302. The Morgan fingerprint density at radius 3 is 2.82 bits per heavy atom. The third kappa shape index (κ3) is 2.42. The molecule has 0 atom stereocenters. The number of aromatic nitrogens is 2. The molecule has 2 rings (SSSR count). The highest BCUT2D eigenvalue weighted by atomic mass is 79.9. The minimum absolute atomic E-state index is 0.0891. The number of aromatic carboxylic acids is 1. The van der Waals surface area contributed by atoms with Crippen LogP contribution in [0.15, 0.2) is 39.7 Å². The molecule has 0 spiro atoms. The maximum absolute atomic E-state index is 11.6. The van der Waals surface area contributed by atoms with Crippen LogP contribution in [0.1, 0.15) is 10.5 Å². The predicted octanol–water partition coefficient (Wildman–Crippen LogP) is 1.90. The van der Waals surface area contributed by atoms with Crippen molar-refractivity contribution in [2.45, 2.75) is 0 Å². The topological polar surface area (TPSA) is 83.0 Å². The first-order chi connectivity index (χ1) is 8.08. The highest BCUT2D eigenvalue weighted by Crippen LogP contribution is 2.18. The van der Waals surface area contributed by atoms with E-state index in [1.807, 2.05) is 0 Å². The molecule has 0 aliphatic rings. The van der Waals surface area contributed by atoms with Crippen molar-refractivity contribution in [3.8, 4) is 11.3 Å². The maximum atomic E-state index is 11.6. The summed E-state index contributed by atoms with van der Waals surface area (Å²) in [6.45, 7) is 0. The summed E-state index contributed by atoms with van der Waals surface area (Å²) < 4.78 is 0.789. The van der Waals surface area contributed by atoms with E-state index >= 15 is 0 Å². The third-order valence-electron chi connectivity index (χ3n) is 2.10. The number of hydrogen-bond acceptors (Lipinski definition) is 3. The molecule has 0 fully saturated rings. The molecule has 5 nitrogen and oxygen atoms in total. The zero-order valence-electron chi connectivity index (χ0n) is 8.48. The summed E-state index contributed by atoms with van der Waals surface area (Å²) in [6.07, 6.45) is 1.08. The van der Waals surface area contributed by atoms with E-state index in [1.165, 1.54) is 0 Å². The van der Waals surface area contributed by atoms with Crippen LogP contribution in [0.5, 0.6) is 0 Å². The fraction of sp³-hybridized carbons (Fsp3) is 0. The van der Waals surface area contributed by atoms with Crippen molar-refractivity contribution in [2.24, 2.45) is 0 Å². The summed E-state index contributed by atoms with van der Waals surface area (Å²) >= 11 is 3.28. The number of aromatic amines is 1. The molecule has 0 saturated heterocycles. The van der Waals surface area contributed by atoms with E-state index in [0.717, 1.165) is 10.7 Å². The smallest absolute Gasteiger partial charge is 0.356 e. The minimum atomic E-state index is -1.18. The van der Waals surface area contributed by atoms with E-state index in [4.69, 9.17) is 5.11 Å². The lowest BCUT2D eigenvalue weighted by Crippen LogP contribution is -2.14. The molecule has 0 aliphatic heterocycles. The highest BCUT2D eigenvalue weighted by Gasteiger charge is 2.10. The summed E-state index contributed by atoms with van der Waals surface area (Å²) in [4.78, 5) is 28.5. The number of H-pyrrole nitrogens is 1. The molecule has 0 unspecified atom stereocenters. The lowest BCUT2D eigenvalue weighted by Gasteiger charge is -2.01. The first-order valence-corrected chi connectivity index (χ1v) is 5.46. The molecule has 0 bridgehead atoms. The molecular formula is C11H7BrN2O3. The molecular weight excluding hydrogens is 288 g/mol. The van der Waals surface area contributed by atoms with E-state index in [2.05, 4.69) is 25.9 Å². The van der Waals surface area contributed by atoms with Crippen molar-refractivity contribution in [3.05, 3.63) is 51.0 Å². The van der Waals surface area contributed by atoms with Crippen LogP contribution in [0.25, 0.3) is 11.3 Å². The number of rotatable bonds is 2. The van der Waals surface area contributed by atoms with E-state index < -0.39 is 11.5 Å². The maximum Gasteiger partial charge on any atom is 0.356 e. The summed E-state index contributed by atoms with van der Waals surface area (Å²) in [6, 6.07) is 6.93. The van der Waals surface area contributed by atoms with Crippen molar-refractivity contribution >= 4 is 21.9 Å². The highest BCUT2D eigenvalue weighted by molar-refractivity contribution is 9.10. The largest absolute Gasteiger partial charge is 0.476 e. The summed E-state index contributed by atoms with van der Waals surface area (Å²) in [5.74, 6) is -1.18. The minimum Gasteiger partial charge on any atom is -0.476 e. The van der Waals surface area contributed by atoms with E-state index in [1.54, 1.807) is 24.3 Å². The number of hydrogen-bond donors (Lipinski definition) is 2. The van der Waals surface area contributed by atoms with Gasteiger partial charge in [0.1, 0.15) is 5.69 Å². The van der Waals surface area contributed by atoms with Crippen LogP contribution in [0.2, 0.25) is 0 Å². The van der Waals surface area contributed by atoms with Crippen LogP contribution in [0, 0.1) is 0 Å². The van der Waals surface area contributed by atoms with E-state index in [0.29, 0.717) is 5.56 Å². The van der Waals surface area contributed by atoms with Gasteiger partial charge in [-0.2, -0.15) is 0 Å². The quantitative estimate of drug-likeness (QED) is 0.886. The molecule has 1 aromatic carbocycles. The molecule has 17 heavy (non-hydrogen) atoms. The molecule has 6 heteroatoms. The van der Waals surface area contributed by atoms with Crippen LogP contribution < -0.4 is 5.56 Å². The molecule has 2 N–H and O–H groups in total. The molecule has 0 aliphatic carbocycles. The molecule has 0 saturated carbocycles. The monoisotopic (exact) mass is 294 g/mol. The van der Waals surface area contributed by atoms with Gasteiger partial charge in [-0.25, -0.2) is 9.78 Å². The van der Waals surface area contributed by atoms with Crippen molar-refractivity contribution in [3.63, 3.8) is 0 Å². The Balaban J connectivity index is 2.62. The Bertz CT molecular complexity index is 637. The zero-order valence-corrected chi connectivity index (χ0v) is 10.1. The van der Waals surface area contributed by atoms with Crippen LogP contribution in [-0.2, 0) is 0 Å². The van der Waals surface area contributed by atoms with Crippen molar-refractivity contribution < 1.29 is 9.90 Å². The fourth-order valence-corrected chi connectivity index (χ4v) is 1.75. The number of halogens is 1. The van der Waals surface area contributed by atoms with Gasteiger partial charge in [0, 0.05) is 16.2 Å². The SMILES string of the molecule is O=C(O)c1c[nH]c(=O)c(-c2cccc(Br)c2)n1. The van der Waals surface area contributed by atoms with Crippen LogP contribution >= 0.6 is 15.9 Å². The second kappa shape index (κ2) is 4.50. The Morgan fingerprint density at radius 1 is 1.41 bits per heavy atom. The second-order valence-corrected chi connectivity index (χ2v) is 4.19. The molecule has 2 aromatic rings. The Kier molecular flexibility index (Phi) is 3.06. The normalized spacial score (nSPS) is 10.2. The lowest BCUT2D eigenvalue weighted by molar-refractivity contribution is 0.0690. The standard InChI is InChI=1S/C11H7BrN2O3/c12-7-3-1-2-6(4-7)9-10(15)13-5-8(14-9)11(16)17/h1-5H,(H,13,15)(H,16,17). The number of carboxylic acid groups (broad SMARTS) is 1. The zero-order chi connectivity index (χ0) is 12.4. The van der Waals surface area contributed by atoms with Gasteiger partial charge in [-0.15, -0.1) is 0 Å². The average Bonchev–Trinajstić information content (AvgIpc) is 2.29. The predicted molar refractivity (Wildman–Crippen MR) is 65.0 cm³/mol. The molecule has 86 valence electrons. The average molecular weight is 295 g/mol. The molecule has 1 heterocycles. The first-order valence-electron chi connectivity index (χ1n) is 4.67. The van der Waals surface area contributed by atoms with Gasteiger partial charge in [-0.05, 0) is 12.1 Å². The van der Waals surface area contributed by atoms with Gasteiger partial charge in [0.2, 0.25) is 0 Å². The Labute approximate surface area is 104 Å². The number of benzene rings is 1. The second-order valence-electron chi connectivity index (χ2n) is 3.28. The Morgan fingerprint density at radius 2 is 2.18 bits per heavy atom. The van der Waals surface area contributed by atoms with Crippen LogP contribution in [0.3, 0.4) is 0 Å². The van der Waals surface area contributed by atoms with Gasteiger partial charge in [-0.3, -0.25) is 4.79 Å². The van der Waals surface area contributed by atoms with Gasteiger partial charge < -0.3 is 10.1 Å². The summed E-state index contributed by atoms with van der Waals surface area (Å²) in [5, 5.41) is 8.81. The fourth-order valence-electron chi connectivity index (χ4n) is 1.35. The number of carbonyl (C=O) groups is 1. The van der Waals surface area contributed by atoms with Crippen molar-refractivity contribution in [2.75, 3.05) is 0 Å². The Hall–Kier alpha value is -1.95. The van der Waals surface area contributed by atoms with Crippen molar-refractivity contribution in [1.29, 1.82) is 0 Å². The van der Waals surface area contributed by atoms with Crippen molar-refractivity contribution in [1.82, 2.24) is 9.97 Å². The van der Waals surface area contributed by atoms with E-state index in [9.17, 15) is 9.59 Å². The first kappa shape index (κ1) is 11.5. The van der Waals surface area contributed by atoms with Gasteiger partial charge in [0.05, 0.1) is 0 Å². The number of nitrogens with zero attached hydrogens (tertiary/aromatic N) is 1. The van der Waals surface area contributed by atoms with Gasteiger partial charge in [-0.1, -0.05) is 28.1 Å². The van der Waals surface area contributed by atoms with E-state index in [-0.39, 0.29) is 11.4 Å². The number of carboxylic acids is 1. The number of nitrogens with one attached hydrogen (secondary N) is 1. The van der Waals surface area contributed by atoms with Gasteiger partial charge in [0.25, 0.3) is 5.56 Å². The molecule has 0 radical (unpaired) electrons. The lowest BCUT2D eigenvalue weighted by atomic mass is 10.1. The molecule has 0 amide bonds. The van der Waals surface area contributed by atoms with Crippen LogP contribution in [-0.4, -0.2) is 21.0 Å². The van der Waals surface area contributed by atoms with Gasteiger partial charge in [0.15, 0.2) is 5.69 Å². The van der Waals surface area contributed by atoms with Gasteiger partial charge >= 0.3 is 5.97 Å². The third-order valence-corrected chi connectivity index (χ3v) is 2.60. The van der Waals surface area contributed by atoms with Crippen LogP contribution in [0.4, 0.5) is 0 Å². The summed E-state index contributed by atoms with van der Waals surface area (Å²) in [7, 11) is 0.